The van der Waals surface area contributed by atoms with Crippen LogP contribution in [0.4, 0.5) is 0 Å². The molecule has 0 N–H and O–H groups in total. The zero-order valence-electron chi connectivity index (χ0n) is 10.1. The molecule has 0 bridgehead atoms. The lowest BCUT2D eigenvalue weighted by Crippen LogP contribution is -2.02. The number of hydrogen-bond donors (Lipinski definition) is 0. The number of thioether (sulfide) groups is 1. The smallest absolute Gasteiger partial charge is 0.131 e. The van der Waals surface area contributed by atoms with Crippen molar-refractivity contribution in [2.45, 2.75) is 30.9 Å². The normalized spacial score (nSPS) is 13.8. The second kappa shape index (κ2) is 5.37. The Morgan fingerprint density at radius 3 is 2.83 bits per heavy atom. The molecule has 4 heteroatoms. The van der Waals surface area contributed by atoms with E-state index < -0.39 is 0 Å². The van der Waals surface area contributed by atoms with E-state index in [1.165, 1.54) is 16.8 Å². The van der Waals surface area contributed by atoms with Crippen LogP contribution in [0.25, 0.3) is 0 Å². The van der Waals surface area contributed by atoms with Crippen LogP contribution in [0.3, 0.4) is 0 Å². The average Bonchev–Trinajstić information content (AvgIpc) is 2.96. The number of halogens is 1. The van der Waals surface area contributed by atoms with Gasteiger partial charge >= 0.3 is 0 Å². The summed E-state index contributed by atoms with van der Waals surface area (Å²) in [6.07, 6.45) is 2.16. The predicted molar refractivity (Wildman–Crippen MR) is 77.0 cm³/mol. The molecule has 2 heterocycles. The number of fused-ring (bicyclic) bond motifs is 1. The average molecular weight is 279 g/mol. The molecule has 0 unspecified atom stereocenters. The summed E-state index contributed by atoms with van der Waals surface area (Å²) in [7, 11) is 0. The van der Waals surface area contributed by atoms with Crippen molar-refractivity contribution in [2.24, 2.45) is 0 Å². The molecular formula is C14H15ClN2S. The highest BCUT2D eigenvalue weighted by Gasteiger charge is 2.20. The SMILES string of the molecule is Clc1c2c(nn1CCCc1ccccc1)CSC2. The lowest BCUT2D eigenvalue weighted by Gasteiger charge is -2.04. The minimum atomic E-state index is 0.850. The van der Waals surface area contributed by atoms with Crippen molar-refractivity contribution in [3.05, 3.63) is 52.3 Å². The van der Waals surface area contributed by atoms with Crippen LogP contribution in [-0.4, -0.2) is 9.78 Å². The first-order chi connectivity index (χ1) is 8.84. The van der Waals surface area contributed by atoms with Crippen molar-refractivity contribution in [2.75, 3.05) is 0 Å². The van der Waals surface area contributed by atoms with Gasteiger partial charge in [0, 0.05) is 23.6 Å². The van der Waals surface area contributed by atoms with Gasteiger partial charge in [-0.1, -0.05) is 41.9 Å². The van der Waals surface area contributed by atoms with E-state index in [-0.39, 0.29) is 0 Å². The Bertz CT molecular complexity index is 536. The summed E-state index contributed by atoms with van der Waals surface area (Å²) in [4.78, 5) is 0. The van der Waals surface area contributed by atoms with Crippen LogP contribution in [0.5, 0.6) is 0 Å². The third-order valence-corrected chi connectivity index (χ3v) is 4.62. The second-order valence-corrected chi connectivity index (χ2v) is 5.86. The maximum atomic E-state index is 6.34. The van der Waals surface area contributed by atoms with Crippen molar-refractivity contribution in [1.82, 2.24) is 9.78 Å². The summed E-state index contributed by atoms with van der Waals surface area (Å²) in [6.45, 7) is 0.908. The van der Waals surface area contributed by atoms with Gasteiger partial charge in [-0.2, -0.15) is 16.9 Å². The summed E-state index contributed by atoms with van der Waals surface area (Å²) in [5.41, 5.74) is 3.81. The molecule has 0 radical (unpaired) electrons. The molecule has 18 heavy (non-hydrogen) atoms. The number of rotatable bonds is 4. The molecule has 3 rings (SSSR count). The van der Waals surface area contributed by atoms with E-state index in [4.69, 9.17) is 11.6 Å². The summed E-state index contributed by atoms with van der Waals surface area (Å²) in [5, 5.41) is 5.44. The minimum absolute atomic E-state index is 0.850. The highest BCUT2D eigenvalue weighted by Crippen LogP contribution is 2.34. The maximum absolute atomic E-state index is 6.34. The molecule has 0 saturated heterocycles. The highest BCUT2D eigenvalue weighted by molar-refractivity contribution is 7.98. The fraction of sp³-hybridized carbons (Fsp3) is 0.357. The van der Waals surface area contributed by atoms with Crippen molar-refractivity contribution in [3.63, 3.8) is 0 Å². The summed E-state index contributed by atoms with van der Waals surface area (Å²) >= 11 is 8.23. The van der Waals surface area contributed by atoms with Crippen molar-refractivity contribution in [1.29, 1.82) is 0 Å². The van der Waals surface area contributed by atoms with Gasteiger partial charge in [-0.15, -0.1) is 0 Å². The molecule has 1 aromatic heterocycles. The number of aromatic nitrogens is 2. The van der Waals surface area contributed by atoms with E-state index in [2.05, 4.69) is 35.4 Å². The zero-order chi connectivity index (χ0) is 12.4. The first-order valence-corrected chi connectivity index (χ1v) is 7.73. The van der Waals surface area contributed by atoms with Crippen LogP contribution >= 0.6 is 23.4 Å². The van der Waals surface area contributed by atoms with E-state index in [0.29, 0.717) is 0 Å². The number of nitrogens with zero attached hydrogens (tertiary/aromatic N) is 2. The van der Waals surface area contributed by atoms with Crippen LogP contribution in [0.1, 0.15) is 23.2 Å². The first-order valence-electron chi connectivity index (χ1n) is 6.20. The fourth-order valence-corrected chi connectivity index (χ4v) is 3.67. The Hall–Kier alpha value is -0.930. The molecule has 0 saturated carbocycles. The zero-order valence-corrected chi connectivity index (χ0v) is 11.7. The lowest BCUT2D eigenvalue weighted by atomic mass is 10.1. The quantitative estimate of drug-likeness (QED) is 0.844. The van der Waals surface area contributed by atoms with E-state index in [9.17, 15) is 0 Å². The van der Waals surface area contributed by atoms with Gasteiger partial charge < -0.3 is 0 Å². The number of aryl methyl sites for hydroxylation is 2. The molecule has 2 aromatic rings. The van der Waals surface area contributed by atoms with E-state index in [1.54, 1.807) is 0 Å². The van der Waals surface area contributed by atoms with Crippen LogP contribution in [0.2, 0.25) is 5.15 Å². The topological polar surface area (TPSA) is 17.8 Å². The largest absolute Gasteiger partial charge is 0.253 e. The molecule has 0 spiro atoms. The van der Waals surface area contributed by atoms with Gasteiger partial charge in [0.1, 0.15) is 5.15 Å². The molecule has 2 nitrogen and oxygen atoms in total. The molecule has 1 aliphatic rings. The Kier molecular flexibility index (Phi) is 3.62. The predicted octanol–water partition coefficient (Wildman–Crippen LogP) is 3.92. The van der Waals surface area contributed by atoms with Gasteiger partial charge in [0.25, 0.3) is 0 Å². The van der Waals surface area contributed by atoms with E-state index in [0.717, 1.165) is 36.0 Å². The fourth-order valence-electron chi connectivity index (χ4n) is 2.26. The molecule has 0 amide bonds. The maximum Gasteiger partial charge on any atom is 0.131 e. The Morgan fingerprint density at radius 1 is 1.22 bits per heavy atom. The van der Waals surface area contributed by atoms with Gasteiger partial charge in [-0.3, -0.25) is 4.68 Å². The van der Waals surface area contributed by atoms with Gasteiger partial charge in [0.15, 0.2) is 0 Å². The Balaban J connectivity index is 1.61. The van der Waals surface area contributed by atoms with Crippen LogP contribution in [0.15, 0.2) is 30.3 Å². The summed E-state index contributed by atoms with van der Waals surface area (Å²) in [5.74, 6) is 2.04. The lowest BCUT2D eigenvalue weighted by molar-refractivity contribution is 0.575. The second-order valence-electron chi connectivity index (χ2n) is 4.52. The highest BCUT2D eigenvalue weighted by atomic mass is 35.5. The van der Waals surface area contributed by atoms with E-state index in [1.807, 2.05) is 16.4 Å². The van der Waals surface area contributed by atoms with Crippen molar-refractivity contribution < 1.29 is 0 Å². The Labute approximate surface area is 116 Å². The van der Waals surface area contributed by atoms with Gasteiger partial charge in [0.2, 0.25) is 0 Å². The monoisotopic (exact) mass is 278 g/mol. The van der Waals surface area contributed by atoms with Crippen LogP contribution in [-0.2, 0) is 24.5 Å². The molecule has 94 valence electrons. The van der Waals surface area contributed by atoms with Crippen molar-refractivity contribution in [3.8, 4) is 0 Å². The van der Waals surface area contributed by atoms with E-state index >= 15 is 0 Å². The molecule has 0 atom stereocenters. The standard InChI is InChI=1S/C14H15ClN2S/c15-14-12-9-18-10-13(12)16-17(14)8-4-7-11-5-2-1-3-6-11/h1-3,5-6H,4,7-10H2. The third-order valence-electron chi connectivity index (χ3n) is 3.23. The van der Waals surface area contributed by atoms with Gasteiger partial charge in [-0.05, 0) is 18.4 Å². The molecular weight excluding hydrogens is 264 g/mol. The molecule has 0 aliphatic carbocycles. The molecule has 1 aromatic carbocycles. The summed E-state index contributed by atoms with van der Waals surface area (Å²) < 4.78 is 1.97. The number of benzene rings is 1. The first kappa shape index (κ1) is 12.1. The van der Waals surface area contributed by atoms with Gasteiger partial charge in [-0.25, -0.2) is 0 Å². The summed E-state index contributed by atoms with van der Waals surface area (Å²) in [6, 6.07) is 10.6. The number of hydrogen-bond acceptors (Lipinski definition) is 2. The van der Waals surface area contributed by atoms with Gasteiger partial charge in [0.05, 0.1) is 5.69 Å². The van der Waals surface area contributed by atoms with Crippen molar-refractivity contribution >= 4 is 23.4 Å². The Morgan fingerprint density at radius 2 is 2.06 bits per heavy atom. The van der Waals surface area contributed by atoms with Crippen LogP contribution < -0.4 is 0 Å². The minimum Gasteiger partial charge on any atom is -0.253 e. The molecule has 1 aliphatic heterocycles. The molecule has 0 fully saturated rings. The van der Waals surface area contributed by atoms with Crippen LogP contribution in [0, 0.1) is 0 Å². The third kappa shape index (κ3) is 2.43.